The van der Waals surface area contributed by atoms with E-state index in [1.54, 1.807) is 4.68 Å². The predicted molar refractivity (Wildman–Crippen MR) is 87.2 cm³/mol. The van der Waals surface area contributed by atoms with E-state index in [2.05, 4.69) is 10.3 Å². The molecule has 0 amide bonds. The molecule has 5 heteroatoms. The second-order valence-corrected chi connectivity index (χ2v) is 5.61. The van der Waals surface area contributed by atoms with Gasteiger partial charge in [0, 0.05) is 10.6 Å². The molecule has 0 unspecified atom stereocenters. The summed E-state index contributed by atoms with van der Waals surface area (Å²) in [6, 6.07) is 13.7. The van der Waals surface area contributed by atoms with Crippen LogP contribution in [0.4, 0.5) is 0 Å². The number of hydrogen-bond donors (Lipinski definition) is 1. The molecule has 0 aliphatic heterocycles. The van der Waals surface area contributed by atoms with Crippen LogP contribution in [0.3, 0.4) is 0 Å². The third kappa shape index (κ3) is 2.51. The van der Waals surface area contributed by atoms with Crippen molar-refractivity contribution in [2.24, 2.45) is 0 Å². The molecular formula is C17H16ClN3O. The van der Waals surface area contributed by atoms with Crippen LogP contribution in [0.2, 0.25) is 5.02 Å². The summed E-state index contributed by atoms with van der Waals surface area (Å²) >= 11 is 6.21. The number of aromatic nitrogens is 3. The molecule has 2 aromatic carbocycles. The highest BCUT2D eigenvalue weighted by Gasteiger charge is 2.17. The molecule has 1 N–H and O–H groups in total. The van der Waals surface area contributed by atoms with Gasteiger partial charge in [0.15, 0.2) is 0 Å². The Morgan fingerprint density at radius 3 is 2.50 bits per heavy atom. The van der Waals surface area contributed by atoms with Crippen molar-refractivity contribution in [3.05, 3.63) is 64.3 Å². The fourth-order valence-corrected chi connectivity index (χ4v) is 2.58. The zero-order valence-corrected chi connectivity index (χ0v) is 13.2. The van der Waals surface area contributed by atoms with E-state index in [-0.39, 0.29) is 6.61 Å². The monoisotopic (exact) mass is 313 g/mol. The summed E-state index contributed by atoms with van der Waals surface area (Å²) in [4.78, 5) is 0. The van der Waals surface area contributed by atoms with Crippen molar-refractivity contribution in [3.63, 3.8) is 0 Å². The Morgan fingerprint density at radius 1 is 1.09 bits per heavy atom. The Kier molecular flexibility index (Phi) is 3.96. The molecule has 0 atom stereocenters. The largest absolute Gasteiger partial charge is 0.390 e. The zero-order chi connectivity index (χ0) is 15.7. The number of halogens is 1. The van der Waals surface area contributed by atoms with E-state index in [9.17, 15) is 5.11 Å². The van der Waals surface area contributed by atoms with Gasteiger partial charge in [-0.15, -0.1) is 5.10 Å². The molecule has 0 aliphatic carbocycles. The highest BCUT2D eigenvalue weighted by atomic mass is 35.5. The highest BCUT2D eigenvalue weighted by Crippen LogP contribution is 2.29. The van der Waals surface area contributed by atoms with Gasteiger partial charge in [-0.05, 0) is 31.5 Å². The average Bonchev–Trinajstić information content (AvgIpc) is 2.94. The van der Waals surface area contributed by atoms with Crippen LogP contribution in [0.1, 0.15) is 16.8 Å². The number of aliphatic hydroxyl groups is 1. The van der Waals surface area contributed by atoms with Crippen LogP contribution in [0.25, 0.3) is 16.9 Å². The second-order valence-electron chi connectivity index (χ2n) is 5.20. The first-order valence-electron chi connectivity index (χ1n) is 6.99. The molecule has 22 heavy (non-hydrogen) atoms. The van der Waals surface area contributed by atoms with Crippen LogP contribution < -0.4 is 0 Å². The number of benzene rings is 2. The van der Waals surface area contributed by atoms with Gasteiger partial charge in [-0.25, -0.2) is 4.68 Å². The van der Waals surface area contributed by atoms with Crippen LogP contribution in [0, 0.1) is 13.8 Å². The fraction of sp³-hybridized carbons (Fsp3) is 0.176. The van der Waals surface area contributed by atoms with E-state index >= 15 is 0 Å². The molecule has 3 aromatic rings. The van der Waals surface area contributed by atoms with Crippen molar-refractivity contribution in [3.8, 4) is 16.9 Å². The number of aliphatic hydroxyl groups excluding tert-OH is 1. The van der Waals surface area contributed by atoms with Crippen molar-refractivity contribution < 1.29 is 5.11 Å². The molecule has 0 saturated heterocycles. The lowest BCUT2D eigenvalue weighted by molar-refractivity contribution is 0.277. The predicted octanol–water partition coefficient (Wildman–Crippen LogP) is 3.70. The standard InChI is InChI=1S/C17H16ClN3O/c1-11-6-8-13(9-7-11)17-15(10-22)19-20-21(17)16-5-3-4-14(18)12(16)2/h3-9,22H,10H2,1-2H3. The molecule has 1 aromatic heterocycles. The lowest BCUT2D eigenvalue weighted by atomic mass is 10.1. The third-order valence-electron chi connectivity index (χ3n) is 3.68. The quantitative estimate of drug-likeness (QED) is 0.802. The molecule has 1 heterocycles. The minimum Gasteiger partial charge on any atom is -0.390 e. The summed E-state index contributed by atoms with van der Waals surface area (Å²) in [5, 5.41) is 18.6. The molecule has 0 aliphatic rings. The minimum absolute atomic E-state index is 0.164. The van der Waals surface area contributed by atoms with Crippen molar-refractivity contribution in [1.82, 2.24) is 15.0 Å². The Balaban J connectivity index is 2.23. The maximum Gasteiger partial charge on any atom is 0.117 e. The lowest BCUT2D eigenvalue weighted by Gasteiger charge is -2.11. The van der Waals surface area contributed by atoms with Gasteiger partial charge < -0.3 is 5.11 Å². The van der Waals surface area contributed by atoms with Crippen LogP contribution in [-0.2, 0) is 6.61 Å². The first-order chi connectivity index (χ1) is 10.6. The molecule has 0 radical (unpaired) electrons. The topological polar surface area (TPSA) is 50.9 Å². The van der Waals surface area contributed by atoms with Gasteiger partial charge in [0.1, 0.15) is 11.4 Å². The van der Waals surface area contributed by atoms with E-state index in [1.807, 2.05) is 56.3 Å². The molecular weight excluding hydrogens is 298 g/mol. The van der Waals surface area contributed by atoms with Crippen LogP contribution >= 0.6 is 11.6 Å². The second kappa shape index (κ2) is 5.91. The van der Waals surface area contributed by atoms with Gasteiger partial charge in [-0.3, -0.25) is 0 Å². The third-order valence-corrected chi connectivity index (χ3v) is 4.09. The molecule has 0 saturated carbocycles. The van der Waals surface area contributed by atoms with Gasteiger partial charge >= 0.3 is 0 Å². The summed E-state index contributed by atoms with van der Waals surface area (Å²) in [5.41, 5.74) is 5.24. The summed E-state index contributed by atoms with van der Waals surface area (Å²) in [6.45, 7) is 3.81. The number of aryl methyl sites for hydroxylation is 1. The number of hydrogen-bond acceptors (Lipinski definition) is 3. The molecule has 3 rings (SSSR count). The summed E-state index contributed by atoms with van der Waals surface area (Å²) in [6.07, 6.45) is 0. The van der Waals surface area contributed by atoms with Crippen molar-refractivity contribution in [2.75, 3.05) is 0 Å². The van der Waals surface area contributed by atoms with Gasteiger partial charge in [0.25, 0.3) is 0 Å². The molecule has 0 bridgehead atoms. The van der Waals surface area contributed by atoms with E-state index in [4.69, 9.17) is 11.6 Å². The van der Waals surface area contributed by atoms with Gasteiger partial charge in [0.2, 0.25) is 0 Å². The molecule has 0 fully saturated rings. The van der Waals surface area contributed by atoms with Gasteiger partial charge in [0.05, 0.1) is 12.3 Å². The smallest absolute Gasteiger partial charge is 0.117 e. The Bertz CT molecular complexity index is 809. The maximum absolute atomic E-state index is 9.58. The first-order valence-corrected chi connectivity index (χ1v) is 7.37. The Morgan fingerprint density at radius 2 is 1.82 bits per heavy atom. The van der Waals surface area contributed by atoms with E-state index in [1.165, 1.54) is 5.56 Å². The number of rotatable bonds is 3. The summed E-state index contributed by atoms with van der Waals surface area (Å²) in [5.74, 6) is 0. The molecule has 112 valence electrons. The van der Waals surface area contributed by atoms with Gasteiger partial charge in [-0.2, -0.15) is 0 Å². The van der Waals surface area contributed by atoms with E-state index < -0.39 is 0 Å². The fourth-order valence-electron chi connectivity index (χ4n) is 2.41. The summed E-state index contributed by atoms with van der Waals surface area (Å²) in [7, 11) is 0. The van der Waals surface area contributed by atoms with E-state index in [0.29, 0.717) is 10.7 Å². The molecule has 0 spiro atoms. The van der Waals surface area contributed by atoms with Crippen molar-refractivity contribution in [2.45, 2.75) is 20.5 Å². The highest BCUT2D eigenvalue weighted by molar-refractivity contribution is 6.31. The minimum atomic E-state index is -0.164. The van der Waals surface area contributed by atoms with Crippen molar-refractivity contribution in [1.29, 1.82) is 0 Å². The van der Waals surface area contributed by atoms with Crippen LogP contribution in [0.15, 0.2) is 42.5 Å². The number of nitrogens with zero attached hydrogens (tertiary/aromatic N) is 3. The van der Waals surface area contributed by atoms with E-state index in [0.717, 1.165) is 22.5 Å². The normalized spacial score (nSPS) is 10.9. The van der Waals surface area contributed by atoms with Gasteiger partial charge in [-0.1, -0.05) is 52.7 Å². The average molecular weight is 314 g/mol. The van der Waals surface area contributed by atoms with Crippen LogP contribution in [-0.4, -0.2) is 20.1 Å². The molecule has 4 nitrogen and oxygen atoms in total. The van der Waals surface area contributed by atoms with Crippen LogP contribution in [0.5, 0.6) is 0 Å². The maximum atomic E-state index is 9.58. The zero-order valence-electron chi connectivity index (χ0n) is 12.4. The first kappa shape index (κ1) is 14.8. The lowest BCUT2D eigenvalue weighted by Crippen LogP contribution is -2.02. The summed E-state index contributed by atoms with van der Waals surface area (Å²) < 4.78 is 1.73. The SMILES string of the molecule is Cc1ccc(-c2c(CO)nnn2-c2cccc(Cl)c2C)cc1. The Labute approximate surface area is 134 Å². The Hall–Kier alpha value is -2.17. The van der Waals surface area contributed by atoms with Crippen molar-refractivity contribution >= 4 is 11.6 Å².